The summed E-state index contributed by atoms with van der Waals surface area (Å²) in [6, 6.07) is 13.1. The van der Waals surface area contributed by atoms with Crippen molar-refractivity contribution in [3.8, 4) is 17.2 Å². The van der Waals surface area contributed by atoms with Gasteiger partial charge in [-0.3, -0.25) is 9.89 Å². The van der Waals surface area contributed by atoms with Gasteiger partial charge in [-0.25, -0.2) is 9.97 Å². The average Bonchev–Trinajstić information content (AvgIpc) is 3.19. The van der Waals surface area contributed by atoms with E-state index in [2.05, 4.69) is 26.2 Å². The van der Waals surface area contributed by atoms with E-state index in [1.807, 2.05) is 42.2 Å². The summed E-state index contributed by atoms with van der Waals surface area (Å²) in [5.41, 5.74) is 2.53. The molecule has 4 rings (SSSR count). The van der Waals surface area contributed by atoms with Crippen molar-refractivity contribution < 1.29 is 4.79 Å². The van der Waals surface area contributed by atoms with Gasteiger partial charge in [-0.1, -0.05) is 12.1 Å². The Bertz CT molecular complexity index is 1040. The number of aromatic nitrogens is 4. The molecule has 0 unspecified atom stereocenters. The van der Waals surface area contributed by atoms with Gasteiger partial charge in [-0.15, -0.1) is 0 Å². The molecule has 3 aromatic rings. The summed E-state index contributed by atoms with van der Waals surface area (Å²) in [6.07, 6.45) is 3.30. The van der Waals surface area contributed by atoms with Crippen molar-refractivity contribution in [2.75, 3.05) is 13.1 Å². The third-order valence-electron chi connectivity index (χ3n) is 5.10. The molecule has 0 aliphatic carbocycles. The fourth-order valence-corrected chi connectivity index (χ4v) is 3.61. The molecule has 1 saturated heterocycles. The van der Waals surface area contributed by atoms with E-state index < -0.39 is 0 Å². The van der Waals surface area contributed by atoms with E-state index in [0.717, 1.165) is 35.6 Å². The Hall–Kier alpha value is -3.53. The number of aryl methyl sites for hydroxylation is 1. The molecular weight excluding hydrogens is 352 g/mol. The molecule has 28 heavy (non-hydrogen) atoms. The van der Waals surface area contributed by atoms with Gasteiger partial charge >= 0.3 is 0 Å². The zero-order valence-corrected chi connectivity index (χ0v) is 15.6. The van der Waals surface area contributed by atoms with Crippen LogP contribution in [0.25, 0.3) is 11.1 Å². The molecule has 140 valence electrons. The number of pyridine rings is 1. The molecule has 1 fully saturated rings. The number of rotatable bonds is 3. The molecule has 0 atom stereocenters. The van der Waals surface area contributed by atoms with Crippen LogP contribution in [0, 0.1) is 18.3 Å². The minimum Gasteiger partial charge on any atom is -0.339 e. The first-order valence-electron chi connectivity index (χ1n) is 9.29. The van der Waals surface area contributed by atoms with E-state index in [0.29, 0.717) is 24.3 Å². The van der Waals surface area contributed by atoms with Gasteiger partial charge in [0.25, 0.3) is 5.91 Å². The number of likely N-dealkylation sites (tertiary alicyclic amines) is 1. The number of benzene rings is 1. The zero-order chi connectivity index (χ0) is 19.5. The van der Waals surface area contributed by atoms with Crippen molar-refractivity contribution >= 4 is 5.91 Å². The van der Waals surface area contributed by atoms with Crippen molar-refractivity contribution in [2.24, 2.45) is 0 Å². The first-order chi connectivity index (χ1) is 13.7. The molecule has 1 aliphatic heterocycles. The first kappa shape index (κ1) is 17.9. The molecule has 0 saturated carbocycles. The van der Waals surface area contributed by atoms with E-state index >= 15 is 0 Å². The van der Waals surface area contributed by atoms with Crippen LogP contribution in [0.4, 0.5) is 0 Å². The summed E-state index contributed by atoms with van der Waals surface area (Å²) in [7, 11) is 0. The monoisotopic (exact) mass is 372 g/mol. The SMILES string of the molecule is Cc1nc(C2CCN(C(=O)c3cccc(-c4cccnc4C#N)c3)CC2)n[nH]1. The smallest absolute Gasteiger partial charge is 0.253 e. The number of piperidine rings is 1. The Labute approximate surface area is 163 Å². The fourth-order valence-electron chi connectivity index (χ4n) is 3.61. The van der Waals surface area contributed by atoms with Crippen molar-refractivity contribution in [1.29, 1.82) is 5.26 Å². The molecule has 7 heteroatoms. The van der Waals surface area contributed by atoms with Crippen LogP contribution in [-0.2, 0) is 0 Å². The van der Waals surface area contributed by atoms with Crippen molar-refractivity contribution in [1.82, 2.24) is 25.1 Å². The first-order valence-corrected chi connectivity index (χ1v) is 9.29. The number of H-pyrrole nitrogens is 1. The standard InChI is InChI=1S/C21H20N6O/c1-14-24-20(26-25-14)15-7-10-27(11-8-15)21(28)17-5-2-4-16(12-17)18-6-3-9-23-19(18)13-22/h2-6,9,12,15H,7-8,10-11H2,1H3,(H,24,25,26). The van der Waals surface area contributed by atoms with Crippen molar-refractivity contribution in [3.05, 3.63) is 65.5 Å². The highest BCUT2D eigenvalue weighted by Gasteiger charge is 2.26. The lowest BCUT2D eigenvalue weighted by atomic mass is 9.95. The third-order valence-corrected chi connectivity index (χ3v) is 5.10. The number of carbonyl (C=O) groups excluding carboxylic acids is 1. The molecule has 7 nitrogen and oxygen atoms in total. The normalized spacial score (nSPS) is 14.6. The molecule has 1 N–H and O–H groups in total. The molecule has 3 heterocycles. The number of amides is 1. The number of aromatic amines is 1. The Morgan fingerprint density at radius 1 is 1.25 bits per heavy atom. The maximum Gasteiger partial charge on any atom is 0.253 e. The largest absolute Gasteiger partial charge is 0.339 e. The lowest BCUT2D eigenvalue weighted by molar-refractivity contribution is 0.0711. The Morgan fingerprint density at radius 2 is 2.07 bits per heavy atom. The van der Waals surface area contributed by atoms with Crippen LogP contribution in [0.1, 0.15) is 46.5 Å². The molecule has 1 amide bonds. The van der Waals surface area contributed by atoms with E-state index in [4.69, 9.17) is 0 Å². The van der Waals surface area contributed by atoms with Gasteiger partial charge in [0.15, 0.2) is 5.82 Å². The van der Waals surface area contributed by atoms with Gasteiger partial charge in [-0.2, -0.15) is 10.4 Å². The van der Waals surface area contributed by atoms with Crippen LogP contribution in [0.3, 0.4) is 0 Å². The van der Waals surface area contributed by atoms with Crippen LogP contribution in [0.2, 0.25) is 0 Å². The van der Waals surface area contributed by atoms with Crippen LogP contribution in [0.15, 0.2) is 42.6 Å². The Balaban J connectivity index is 1.49. The predicted molar refractivity (Wildman–Crippen MR) is 103 cm³/mol. The molecule has 1 aliphatic rings. The number of nitrogens with zero attached hydrogens (tertiary/aromatic N) is 5. The van der Waals surface area contributed by atoms with Crippen molar-refractivity contribution in [2.45, 2.75) is 25.7 Å². The second-order valence-corrected chi connectivity index (χ2v) is 6.94. The van der Waals surface area contributed by atoms with Gasteiger partial charge in [-0.05, 0) is 49.6 Å². The third kappa shape index (κ3) is 3.49. The molecule has 0 spiro atoms. The minimum absolute atomic E-state index is 0.00821. The summed E-state index contributed by atoms with van der Waals surface area (Å²) < 4.78 is 0. The quantitative estimate of drug-likeness (QED) is 0.762. The van der Waals surface area contributed by atoms with Crippen LogP contribution >= 0.6 is 0 Å². The maximum absolute atomic E-state index is 13.0. The number of nitriles is 1. The summed E-state index contributed by atoms with van der Waals surface area (Å²) in [4.78, 5) is 23.4. The molecule has 0 radical (unpaired) electrons. The molecule has 1 aromatic carbocycles. The highest BCUT2D eigenvalue weighted by atomic mass is 16.2. The number of hydrogen-bond acceptors (Lipinski definition) is 5. The zero-order valence-electron chi connectivity index (χ0n) is 15.6. The van der Waals surface area contributed by atoms with Crippen molar-refractivity contribution in [3.63, 3.8) is 0 Å². The van der Waals surface area contributed by atoms with Gasteiger partial charge in [0, 0.05) is 36.3 Å². The van der Waals surface area contributed by atoms with E-state index in [-0.39, 0.29) is 11.8 Å². The van der Waals surface area contributed by atoms with E-state index in [9.17, 15) is 10.1 Å². The lowest BCUT2D eigenvalue weighted by Crippen LogP contribution is -2.38. The topological polar surface area (TPSA) is 98.6 Å². The highest BCUT2D eigenvalue weighted by Crippen LogP contribution is 2.27. The van der Waals surface area contributed by atoms with Gasteiger partial charge in [0.05, 0.1) is 0 Å². The molecular formula is C21H20N6O. The minimum atomic E-state index is 0.00821. The van der Waals surface area contributed by atoms with Gasteiger partial charge < -0.3 is 4.90 Å². The van der Waals surface area contributed by atoms with E-state index in [1.165, 1.54) is 0 Å². The summed E-state index contributed by atoms with van der Waals surface area (Å²) in [6.45, 7) is 3.25. The van der Waals surface area contributed by atoms with E-state index in [1.54, 1.807) is 12.3 Å². The Kier molecular flexibility index (Phi) is 4.85. The summed E-state index contributed by atoms with van der Waals surface area (Å²) in [5.74, 6) is 1.95. The molecule has 2 aromatic heterocycles. The lowest BCUT2D eigenvalue weighted by Gasteiger charge is -2.31. The van der Waals surface area contributed by atoms with Crippen LogP contribution < -0.4 is 0 Å². The van der Waals surface area contributed by atoms with Crippen LogP contribution in [-0.4, -0.2) is 44.1 Å². The maximum atomic E-state index is 13.0. The molecule has 0 bridgehead atoms. The number of carbonyl (C=O) groups is 1. The number of hydrogen-bond donors (Lipinski definition) is 1. The Morgan fingerprint density at radius 3 is 2.79 bits per heavy atom. The average molecular weight is 372 g/mol. The second-order valence-electron chi connectivity index (χ2n) is 6.94. The van der Waals surface area contributed by atoms with Gasteiger partial charge in [0.1, 0.15) is 17.6 Å². The van der Waals surface area contributed by atoms with Gasteiger partial charge in [0.2, 0.25) is 0 Å². The highest BCUT2D eigenvalue weighted by molar-refractivity contribution is 5.95. The summed E-state index contributed by atoms with van der Waals surface area (Å²) in [5, 5.41) is 16.4. The second kappa shape index (κ2) is 7.61. The predicted octanol–water partition coefficient (Wildman–Crippen LogP) is 3.07. The number of nitrogens with one attached hydrogen (secondary N) is 1. The van der Waals surface area contributed by atoms with Crippen LogP contribution in [0.5, 0.6) is 0 Å². The fraction of sp³-hybridized carbons (Fsp3) is 0.286. The summed E-state index contributed by atoms with van der Waals surface area (Å²) >= 11 is 0.